The first-order chi connectivity index (χ1) is 7.75. The average molecular weight is 376 g/mol. The molecule has 0 spiro atoms. The number of alkyl halides is 10. The topological polar surface area (TPSA) is 74.6 Å². The van der Waals surface area contributed by atoms with Gasteiger partial charge in [-0.1, -0.05) is 0 Å². The fourth-order valence-corrected chi connectivity index (χ4v) is 0.356. The zero-order valence-electron chi connectivity index (χ0n) is 7.90. The van der Waals surface area contributed by atoms with Crippen molar-refractivity contribution >= 4 is 61.8 Å². The Morgan fingerprint density at radius 1 is 0.600 bits per heavy atom. The van der Waals surface area contributed by atoms with Gasteiger partial charge < -0.3 is 0 Å². The van der Waals surface area contributed by atoms with E-state index in [1.165, 1.54) is 0 Å². The van der Waals surface area contributed by atoms with E-state index in [2.05, 4.69) is 0 Å². The van der Waals surface area contributed by atoms with Crippen LogP contribution in [0.5, 0.6) is 0 Å². The first-order valence-corrected chi connectivity index (χ1v) is 4.74. The van der Waals surface area contributed by atoms with Crippen LogP contribution in [0.15, 0.2) is 0 Å². The van der Waals surface area contributed by atoms with Crippen molar-refractivity contribution in [3.05, 3.63) is 0 Å². The van der Waals surface area contributed by atoms with E-state index in [0.717, 1.165) is 0 Å². The molecule has 0 fully saturated rings. The molecule has 0 amide bonds. The summed E-state index contributed by atoms with van der Waals surface area (Å²) in [6, 6.07) is 0. The van der Waals surface area contributed by atoms with Crippen molar-refractivity contribution in [1.82, 2.24) is 0 Å². The molecule has 4 nitrogen and oxygen atoms in total. The molecule has 0 unspecified atom stereocenters. The molecule has 0 aliphatic carbocycles. The molecule has 0 aliphatic heterocycles. The van der Waals surface area contributed by atoms with E-state index in [9.17, 15) is 43.9 Å². The molecule has 120 valence electrons. The first kappa shape index (κ1) is 25.7. The second-order valence-electron chi connectivity index (χ2n) is 2.59. The van der Waals surface area contributed by atoms with E-state index in [4.69, 9.17) is 17.5 Å². The van der Waals surface area contributed by atoms with Gasteiger partial charge in [0.2, 0.25) is 0 Å². The van der Waals surface area contributed by atoms with Gasteiger partial charge in [0.05, 0.1) is 0 Å². The van der Waals surface area contributed by atoms with Gasteiger partial charge in [-0.25, -0.2) is 0 Å². The molecular weight excluding hydrogens is 373 g/mol. The van der Waals surface area contributed by atoms with Crippen LogP contribution in [0.4, 0.5) is 43.9 Å². The van der Waals surface area contributed by atoms with Gasteiger partial charge in [-0.15, -0.1) is 0 Å². The van der Waals surface area contributed by atoms with E-state index < -0.39 is 34.6 Å². The molecule has 0 heterocycles. The molecule has 16 heteroatoms. The molecular formula is C4H3F10KO4S. The van der Waals surface area contributed by atoms with Gasteiger partial charge in [-0.3, -0.25) is 9.11 Å². The van der Waals surface area contributed by atoms with Crippen LogP contribution in [-0.4, -0.2) is 93.1 Å². The fourth-order valence-electron chi connectivity index (χ4n) is 0.356. The van der Waals surface area contributed by atoms with E-state index in [0.29, 0.717) is 0 Å². The van der Waals surface area contributed by atoms with E-state index in [1.54, 1.807) is 0 Å². The van der Waals surface area contributed by atoms with Gasteiger partial charge in [0, 0.05) is 0 Å². The third kappa shape index (κ3) is 7.71. The number of rotatable bonds is 1. The summed E-state index contributed by atoms with van der Waals surface area (Å²) in [7, 11) is -4.67. The van der Waals surface area contributed by atoms with Gasteiger partial charge in [-0.05, 0) is 0 Å². The Labute approximate surface area is 146 Å². The van der Waals surface area contributed by atoms with Crippen molar-refractivity contribution in [2.75, 3.05) is 0 Å². The molecule has 0 bridgehead atoms. The summed E-state index contributed by atoms with van der Waals surface area (Å²) in [5.74, 6) is -14.3. The van der Waals surface area contributed by atoms with Crippen LogP contribution in [0, 0.1) is 0 Å². The third-order valence-corrected chi connectivity index (χ3v) is 1.11. The van der Waals surface area contributed by atoms with Gasteiger partial charge in [0.1, 0.15) is 0 Å². The van der Waals surface area contributed by atoms with Crippen LogP contribution >= 0.6 is 0 Å². The Morgan fingerprint density at radius 2 is 0.700 bits per heavy atom. The normalized spacial score (nSPS) is 14.0. The molecule has 0 saturated carbocycles. The second-order valence-corrected chi connectivity index (χ2v) is 3.49. The minimum atomic E-state index is -7.14. The molecule has 0 saturated heterocycles. The summed E-state index contributed by atoms with van der Waals surface area (Å²) in [4.78, 5) is 0. The first-order valence-electron chi connectivity index (χ1n) is 3.34. The Balaban J connectivity index is -0.000000414. The fraction of sp³-hybridized carbons (Fsp3) is 1.00. The summed E-state index contributed by atoms with van der Waals surface area (Å²) in [6.45, 7) is 0. The Hall–Kier alpha value is 0.806. The number of hydrogen-bond donors (Lipinski definition) is 2. The maximum absolute atomic E-state index is 11.6. The quantitative estimate of drug-likeness (QED) is 0.418. The molecule has 0 atom stereocenters. The SMILES string of the molecule is FC(F)(F)C(F)(F)C(F)(F)C(F)(F)F.O=S(=O)(O)O.[KH]. The van der Waals surface area contributed by atoms with Crippen LogP contribution in [-0.2, 0) is 10.4 Å². The third-order valence-electron chi connectivity index (χ3n) is 1.11. The van der Waals surface area contributed by atoms with Crippen LogP contribution < -0.4 is 0 Å². The van der Waals surface area contributed by atoms with Crippen molar-refractivity contribution < 1.29 is 61.4 Å². The maximum atomic E-state index is 11.6. The second kappa shape index (κ2) is 7.38. The molecule has 20 heavy (non-hydrogen) atoms. The van der Waals surface area contributed by atoms with E-state index in [1.807, 2.05) is 0 Å². The van der Waals surface area contributed by atoms with Gasteiger partial charge >= 0.3 is 86.0 Å². The van der Waals surface area contributed by atoms with Crippen LogP contribution in [0.3, 0.4) is 0 Å². The molecule has 2 N–H and O–H groups in total. The molecule has 0 aromatic heterocycles. The zero-order chi connectivity index (χ0) is 16.5. The molecule has 0 radical (unpaired) electrons. The summed E-state index contributed by atoms with van der Waals surface area (Å²) >= 11 is 0. The van der Waals surface area contributed by atoms with Crippen LogP contribution in [0.25, 0.3) is 0 Å². The number of hydrogen-bond acceptors (Lipinski definition) is 2. The summed E-state index contributed by atoms with van der Waals surface area (Å²) in [5.41, 5.74) is 0. The van der Waals surface area contributed by atoms with E-state index in [-0.39, 0.29) is 51.4 Å². The van der Waals surface area contributed by atoms with Gasteiger partial charge in [0.15, 0.2) is 0 Å². The van der Waals surface area contributed by atoms with E-state index >= 15 is 0 Å². The van der Waals surface area contributed by atoms with Gasteiger partial charge in [-0.2, -0.15) is 52.3 Å². The predicted molar refractivity (Wildman–Crippen MR) is 43.3 cm³/mol. The zero-order valence-corrected chi connectivity index (χ0v) is 8.72. The summed E-state index contributed by atoms with van der Waals surface area (Å²) < 4.78 is 145. The monoisotopic (exact) mass is 376 g/mol. The minimum absolute atomic E-state index is 0. The molecule has 0 aromatic carbocycles. The van der Waals surface area contributed by atoms with Crippen molar-refractivity contribution in [2.24, 2.45) is 0 Å². The number of halogens is 10. The molecule has 0 rings (SSSR count). The predicted octanol–water partition coefficient (Wildman–Crippen LogP) is 2.08. The van der Waals surface area contributed by atoms with Crippen molar-refractivity contribution in [1.29, 1.82) is 0 Å². The Kier molecular flexibility index (Phi) is 9.50. The van der Waals surface area contributed by atoms with Crippen molar-refractivity contribution in [2.45, 2.75) is 24.2 Å². The molecule has 0 aromatic rings. The molecule has 0 aliphatic rings. The summed E-state index contributed by atoms with van der Waals surface area (Å²) in [5, 5.41) is 0. The van der Waals surface area contributed by atoms with Crippen molar-refractivity contribution in [3.63, 3.8) is 0 Å². The van der Waals surface area contributed by atoms with Crippen LogP contribution in [0.1, 0.15) is 0 Å². The van der Waals surface area contributed by atoms with Gasteiger partial charge in [0.25, 0.3) is 0 Å². The standard InChI is InChI=1S/C4F10.K.H2O4S.H/c5-1(6,3(9,10)11)2(7,8)4(12,13)14;;1-5(2,3)4;/h;;(H2,1,2,3,4);. The van der Waals surface area contributed by atoms with Crippen LogP contribution in [0.2, 0.25) is 0 Å². The average Bonchev–Trinajstić information content (AvgIpc) is 1.95. The Bertz CT molecular complexity index is 364. The van der Waals surface area contributed by atoms with Crippen molar-refractivity contribution in [3.8, 4) is 0 Å². The summed E-state index contributed by atoms with van der Waals surface area (Å²) in [6.07, 6.45) is -13.9. The Morgan fingerprint density at radius 3 is 0.750 bits per heavy atom.